The summed E-state index contributed by atoms with van der Waals surface area (Å²) in [6.07, 6.45) is 0. The molecule has 0 radical (unpaired) electrons. The van der Waals surface area contributed by atoms with Gasteiger partial charge in [0.25, 0.3) is 5.91 Å². The Morgan fingerprint density at radius 1 is 1.32 bits per heavy atom. The maximum absolute atomic E-state index is 12.4. The predicted molar refractivity (Wildman–Crippen MR) is 84.1 cm³/mol. The van der Waals surface area contributed by atoms with Crippen LogP contribution in [0.2, 0.25) is 0 Å². The summed E-state index contributed by atoms with van der Waals surface area (Å²) in [6, 6.07) is 5.31. The molecule has 0 spiro atoms. The summed E-state index contributed by atoms with van der Waals surface area (Å²) in [4.78, 5) is 27.9. The van der Waals surface area contributed by atoms with Gasteiger partial charge in [-0.15, -0.1) is 0 Å². The molecule has 2 rings (SSSR count). The second kappa shape index (κ2) is 7.26. The van der Waals surface area contributed by atoms with E-state index in [1.807, 2.05) is 13.0 Å². The zero-order valence-electron chi connectivity index (χ0n) is 13.4. The first-order valence-electron chi connectivity index (χ1n) is 7.41. The van der Waals surface area contributed by atoms with Gasteiger partial charge in [-0.2, -0.15) is 0 Å². The number of carbonyl (C=O) groups excluding carboxylic acids is 2. The third-order valence-electron chi connectivity index (χ3n) is 3.84. The minimum atomic E-state index is -0.179. The maximum atomic E-state index is 12.4. The molecular weight excluding hydrogens is 282 g/mol. The Labute approximate surface area is 131 Å². The fourth-order valence-electron chi connectivity index (χ4n) is 2.46. The van der Waals surface area contributed by atoms with Crippen LogP contribution < -0.4 is 10.1 Å². The lowest BCUT2D eigenvalue weighted by atomic mass is 10.1. The van der Waals surface area contributed by atoms with Crippen LogP contribution in [0.1, 0.15) is 15.9 Å². The topological polar surface area (TPSA) is 61.9 Å². The molecule has 1 aromatic rings. The fraction of sp³-hybridized carbons (Fsp3) is 0.500. The fourth-order valence-corrected chi connectivity index (χ4v) is 2.46. The number of hydrogen-bond acceptors (Lipinski definition) is 4. The molecule has 1 fully saturated rings. The molecule has 0 atom stereocenters. The first-order chi connectivity index (χ1) is 10.5. The number of nitrogens with zero attached hydrogens (tertiary/aromatic N) is 2. The molecule has 1 aliphatic heterocycles. The predicted octanol–water partition coefficient (Wildman–Crippen LogP) is 0.507. The lowest BCUT2D eigenvalue weighted by Gasteiger charge is -2.29. The Morgan fingerprint density at radius 2 is 2.00 bits per heavy atom. The molecule has 1 aromatic carbocycles. The number of ether oxygens (including phenoxy) is 1. The van der Waals surface area contributed by atoms with Crippen molar-refractivity contribution in [2.24, 2.45) is 0 Å². The molecule has 2 amide bonds. The Balaban J connectivity index is 2.00. The van der Waals surface area contributed by atoms with Gasteiger partial charge in [0, 0.05) is 38.8 Å². The molecule has 0 saturated carbocycles. The zero-order valence-corrected chi connectivity index (χ0v) is 13.4. The molecule has 1 heterocycles. The lowest BCUT2D eigenvalue weighted by molar-refractivity contribution is -0.132. The van der Waals surface area contributed by atoms with Crippen LogP contribution in [0.3, 0.4) is 0 Å². The van der Waals surface area contributed by atoms with Gasteiger partial charge in [0.1, 0.15) is 5.75 Å². The number of amides is 2. The third kappa shape index (κ3) is 3.76. The summed E-state index contributed by atoms with van der Waals surface area (Å²) in [6.45, 7) is 5.01. The van der Waals surface area contributed by atoms with Crippen molar-refractivity contribution in [1.29, 1.82) is 0 Å². The second-order valence-electron chi connectivity index (χ2n) is 5.48. The maximum Gasteiger partial charge on any atom is 0.254 e. The number of carbonyl (C=O) groups is 2. The van der Waals surface area contributed by atoms with Crippen LogP contribution in [0.5, 0.6) is 5.75 Å². The summed E-state index contributed by atoms with van der Waals surface area (Å²) >= 11 is 0. The molecular formula is C16H23N3O3. The van der Waals surface area contributed by atoms with E-state index in [1.165, 1.54) is 4.90 Å². The average molecular weight is 305 g/mol. The molecule has 6 nitrogen and oxygen atoms in total. The van der Waals surface area contributed by atoms with Crippen molar-refractivity contribution in [2.75, 3.05) is 46.9 Å². The molecule has 1 aliphatic rings. The van der Waals surface area contributed by atoms with Gasteiger partial charge >= 0.3 is 0 Å². The van der Waals surface area contributed by atoms with Gasteiger partial charge in [-0.25, -0.2) is 0 Å². The van der Waals surface area contributed by atoms with E-state index in [1.54, 1.807) is 31.2 Å². The first-order valence-corrected chi connectivity index (χ1v) is 7.41. The van der Waals surface area contributed by atoms with E-state index in [0.717, 1.165) is 18.7 Å². The lowest BCUT2D eigenvalue weighted by Crippen LogP contribution is -2.49. The number of piperazine rings is 1. The standard InChI is InChI=1S/C16H23N3O3/c1-12-4-5-13(10-14(12)22-3)16(21)18(2)11-15(20)19-8-6-17-7-9-19/h4-5,10,17H,6-9,11H2,1-3H3. The van der Waals surface area contributed by atoms with Gasteiger partial charge in [-0.05, 0) is 24.6 Å². The van der Waals surface area contributed by atoms with E-state index in [-0.39, 0.29) is 18.4 Å². The average Bonchev–Trinajstić information content (AvgIpc) is 2.55. The molecule has 1 saturated heterocycles. The number of aryl methyl sites for hydroxylation is 1. The molecule has 0 bridgehead atoms. The van der Waals surface area contributed by atoms with Crippen molar-refractivity contribution < 1.29 is 14.3 Å². The minimum Gasteiger partial charge on any atom is -0.496 e. The molecule has 22 heavy (non-hydrogen) atoms. The van der Waals surface area contributed by atoms with Crippen molar-refractivity contribution in [2.45, 2.75) is 6.92 Å². The first kappa shape index (κ1) is 16.3. The highest BCUT2D eigenvalue weighted by molar-refractivity contribution is 5.96. The number of rotatable bonds is 4. The van der Waals surface area contributed by atoms with Crippen LogP contribution in [0.25, 0.3) is 0 Å². The monoisotopic (exact) mass is 305 g/mol. The van der Waals surface area contributed by atoms with E-state index < -0.39 is 0 Å². The van der Waals surface area contributed by atoms with E-state index in [4.69, 9.17) is 4.74 Å². The summed E-state index contributed by atoms with van der Waals surface area (Å²) < 4.78 is 5.24. The molecule has 120 valence electrons. The van der Waals surface area contributed by atoms with Gasteiger partial charge in [-0.1, -0.05) is 6.07 Å². The van der Waals surface area contributed by atoms with Crippen molar-refractivity contribution in [3.8, 4) is 5.75 Å². The van der Waals surface area contributed by atoms with Crippen molar-refractivity contribution in [3.63, 3.8) is 0 Å². The normalized spacial score (nSPS) is 14.6. The van der Waals surface area contributed by atoms with Crippen LogP contribution >= 0.6 is 0 Å². The molecule has 0 unspecified atom stereocenters. The van der Waals surface area contributed by atoms with Crippen LogP contribution in [-0.2, 0) is 4.79 Å². The highest BCUT2D eigenvalue weighted by Crippen LogP contribution is 2.19. The van der Waals surface area contributed by atoms with Gasteiger partial charge in [0.2, 0.25) is 5.91 Å². The van der Waals surface area contributed by atoms with Crippen LogP contribution in [0.4, 0.5) is 0 Å². The quantitative estimate of drug-likeness (QED) is 0.880. The van der Waals surface area contributed by atoms with E-state index >= 15 is 0 Å². The Morgan fingerprint density at radius 3 is 2.64 bits per heavy atom. The number of nitrogens with one attached hydrogen (secondary N) is 1. The SMILES string of the molecule is COc1cc(C(=O)N(C)CC(=O)N2CCNCC2)ccc1C. The Bertz CT molecular complexity index is 554. The smallest absolute Gasteiger partial charge is 0.254 e. The highest BCUT2D eigenvalue weighted by atomic mass is 16.5. The zero-order chi connectivity index (χ0) is 16.1. The van der Waals surface area contributed by atoms with Gasteiger partial charge in [-0.3, -0.25) is 9.59 Å². The van der Waals surface area contributed by atoms with E-state index in [0.29, 0.717) is 24.4 Å². The van der Waals surface area contributed by atoms with E-state index in [9.17, 15) is 9.59 Å². The third-order valence-corrected chi connectivity index (χ3v) is 3.84. The number of hydrogen-bond donors (Lipinski definition) is 1. The van der Waals surface area contributed by atoms with Crippen molar-refractivity contribution in [1.82, 2.24) is 15.1 Å². The minimum absolute atomic E-state index is 0.0172. The highest BCUT2D eigenvalue weighted by Gasteiger charge is 2.21. The van der Waals surface area contributed by atoms with Gasteiger partial charge in [0.05, 0.1) is 13.7 Å². The largest absolute Gasteiger partial charge is 0.496 e. The molecule has 6 heteroatoms. The van der Waals surface area contributed by atoms with Crippen LogP contribution in [-0.4, -0.2) is 68.5 Å². The summed E-state index contributed by atoms with van der Waals surface area (Å²) in [7, 11) is 3.23. The van der Waals surface area contributed by atoms with Gasteiger partial charge in [0.15, 0.2) is 0 Å². The van der Waals surface area contributed by atoms with Crippen molar-refractivity contribution >= 4 is 11.8 Å². The second-order valence-corrected chi connectivity index (χ2v) is 5.48. The van der Waals surface area contributed by atoms with Crippen LogP contribution in [0.15, 0.2) is 18.2 Å². The summed E-state index contributed by atoms with van der Waals surface area (Å²) in [5.41, 5.74) is 1.50. The van der Waals surface area contributed by atoms with Crippen LogP contribution in [0, 0.1) is 6.92 Å². The van der Waals surface area contributed by atoms with Gasteiger partial charge < -0.3 is 19.9 Å². The number of benzene rings is 1. The molecule has 1 N–H and O–H groups in total. The Hall–Kier alpha value is -2.08. The summed E-state index contributed by atoms with van der Waals surface area (Å²) in [5, 5.41) is 3.20. The number of likely N-dealkylation sites (N-methyl/N-ethyl adjacent to an activating group) is 1. The molecule has 0 aromatic heterocycles. The van der Waals surface area contributed by atoms with Crippen molar-refractivity contribution in [3.05, 3.63) is 29.3 Å². The summed E-state index contributed by atoms with van der Waals surface area (Å²) in [5.74, 6) is 0.478. The number of methoxy groups -OCH3 is 1. The molecule has 0 aliphatic carbocycles. The van der Waals surface area contributed by atoms with E-state index in [2.05, 4.69) is 5.32 Å². The Kier molecular flexibility index (Phi) is 5.38.